The molecule has 0 aromatic heterocycles. The number of Topliss-reactive ketones (excluding diaryl/α,β-unsaturated/α-hetero) is 1. The van der Waals surface area contributed by atoms with E-state index in [-0.39, 0.29) is 5.78 Å². The van der Waals surface area contributed by atoms with E-state index in [1.807, 2.05) is 20.8 Å². The average molecular weight is 277 g/mol. The van der Waals surface area contributed by atoms with Crippen molar-refractivity contribution in [1.82, 2.24) is 5.48 Å². The Morgan fingerprint density at radius 3 is 2.45 bits per heavy atom. The molecule has 0 amide bonds. The van der Waals surface area contributed by atoms with Gasteiger partial charge in [-0.2, -0.15) is 5.48 Å². The third kappa shape index (κ3) is 5.13. The number of hydroxylamine groups is 1. The smallest absolute Gasteiger partial charge is 0.357 e. The van der Waals surface area contributed by atoms with E-state index in [9.17, 15) is 9.59 Å². The summed E-state index contributed by atoms with van der Waals surface area (Å²) in [6, 6.07) is 6.79. The van der Waals surface area contributed by atoms with E-state index < -0.39 is 5.97 Å². The Bertz CT molecular complexity index is 455. The van der Waals surface area contributed by atoms with Crippen LogP contribution in [0.2, 0.25) is 0 Å². The minimum Gasteiger partial charge on any atom is -0.367 e. The van der Waals surface area contributed by atoms with E-state index >= 15 is 0 Å². The molecule has 0 saturated carbocycles. The lowest BCUT2D eigenvalue weighted by Gasteiger charge is -2.10. The highest BCUT2D eigenvalue weighted by atomic mass is 16.7. The number of rotatable bonds is 8. The number of carbonyl (C=O) groups is 2. The zero-order chi connectivity index (χ0) is 15.0. The van der Waals surface area contributed by atoms with Crippen molar-refractivity contribution in [1.29, 1.82) is 0 Å². The van der Waals surface area contributed by atoms with Gasteiger partial charge in [-0.15, -0.1) is 0 Å². The van der Waals surface area contributed by atoms with Gasteiger partial charge in [0.2, 0.25) is 0 Å². The van der Waals surface area contributed by atoms with Gasteiger partial charge in [0.05, 0.1) is 5.56 Å². The van der Waals surface area contributed by atoms with Gasteiger partial charge in [-0.1, -0.05) is 45.4 Å². The van der Waals surface area contributed by atoms with Gasteiger partial charge in [-0.05, 0) is 18.4 Å². The number of hydrogen-bond acceptors (Lipinski definition) is 4. The standard InChI is InChI=1S/C16H23NO3/c1-4-5-10-15(18)13-8-6-7-9-14(13)16(19)20-17-11-12(2)3/h6-9,12,17H,4-5,10-11H2,1-3H3. The maximum absolute atomic E-state index is 12.1. The van der Waals surface area contributed by atoms with Gasteiger partial charge < -0.3 is 4.84 Å². The maximum Gasteiger partial charge on any atom is 0.357 e. The van der Waals surface area contributed by atoms with Gasteiger partial charge >= 0.3 is 5.97 Å². The topological polar surface area (TPSA) is 55.4 Å². The fourth-order valence-corrected chi connectivity index (χ4v) is 1.71. The molecule has 1 aromatic rings. The van der Waals surface area contributed by atoms with Gasteiger partial charge in [-0.3, -0.25) is 4.79 Å². The molecular formula is C16H23NO3. The highest BCUT2D eigenvalue weighted by Crippen LogP contribution is 2.14. The molecule has 0 unspecified atom stereocenters. The second-order valence-corrected chi connectivity index (χ2v) is 5.20. The monoisotopic (exact) mass is 277 g/mol. The van der Waals surface area contributed by atoms with E-state index in [1.165, 1.54) is 0 Å². The fourth-order valence-electron chi connectivity index (χ4n) is 1.71. The molecule has 1 rings (SSSR count). The second kappa shape index (κ2) is 8.48. The molecule has 0 saturated heterocycles. The number of nitrogens with one attached hydrogen (secondary N) is 1. The van der Waals surface area contributed by atoms with Crippen molar-refractivity contribution in [2.75, 3.05) is 6.54 Å². The first kappa shape index (κ1) is 16.4. The highest BCUT2D eigenvalue weighted by Gasteiger charge is 2.17. The van der Waals surface area contributed by atoms with E-state index in [4.69, 9.17) is 4.84 Å². The van der Waals surface area contributed by atoms with Crippen LogP contribution >= 0.6 is 0 Å². The molecule has 1 aromatic carbocycles. The lowest BCUT2D eigenvalue weighted by Crippen LogP contribution is -2.25. The van der Waals surface area contributed by atoms with Crippen molar-refractivity contribution in [2.24, 2.45) is 5.92 Å². The number of hydrogen-bond donors (Lipinski definition) is 1. The third-order valence-corrected chi connectivity index (χ3v) is 2.86. The van der Waals surface area contributed by atoms with Crippen LogP contribution in [0.15, 0.2) is 24.3 Å². The first-order chi connectivity index (χ1) is 9.56. The Hall–Kier alpha value is -1.68. The fraction of sp³-hybridized carbons (Fsp3) is 0.500. The number of ketones is 1. The predicted octanol–water partition coefficient (Wildman–Crippen LogP) is 3.38. The summed E-state index contributed by atoms with van der Waals surface area (Å²) >= 11 is 0. The molecule has 0 heterocycles. The van der Waals surface area contributed by atoms with Gasteiger partial charge in [0, 0.05) is 18.5 Å². The SMILES string of the molecule is CCCCC(=O)c1ccccc1C(=O)ONCC(C)C. The van der Waals surface area contributed by atoms with Crippen LogP contribution in [0.1, 0.15) is 60.7 Å². The van der Waals surface area contributed by atoms with Crippen molar-refractivity contribution in [3.63, 3.8) is 0 Å². The Morgan fingerprint density at radius 1 is 1.20 bits per heavy atom. The van der Waals surface area contributed by atoms with Crippen molar-refractivity contribution in [3.8, 4) is 0 Å². The molecule has 0 spiro atoms. The summed E-state index contributed by atoms with van der Waals surface area (Å²) in [4.78, 5) is 29.1. The molecule has 1 N–H and O–H groups in total. The third-order valence-electron chi connectivity index (χ3n) is 2.86. The zero-order valence-corrected chi connectivity index (χ0v) is 12.4. The summed E-state index contributed by atoms with van der Waals surface area (Å²) < 4.78 is 0. The molecule has 0 bridgehead atoms. The number of benzene rings is 1. The lowest BCUT2D eigenvalue weighted by molar-refractivity contribution is 0.0230. The number of unbranched alkanes of at least 4 members (excludes halogenated alkanes) is 1. The van der Waals surface area contributed by atoms with Crippen LogP contribution in [0.25, 0.3) is 0 Å². The van der Waals surface area contributed by atoms with Gasteiger partial charge in [-0.25, -0.2) is 4.79 Å². The summed E-state index contributed by atoms with van der Waals surface area (Å²) in [5, 5.41) is 0. The summed E-state index contributed by atoms with van der Waals surface area (Å²) in [6.07, 6.45) is 2.24. The van der Waals surface area contributed by atoms with Crippen LogP contribution in [-0.4, -0.2) is 18.3 Å². The maximum atomic E-state index is 12.1. The first-order valence-corrected chi connectivity index (χ1v) is 7.12. The molecule has 4 nitrogen and oxygen atoms in total. The van der Waals surface area contributed by atoms with Crippen LogP contribution in [-0.2, 0) is 4.84 Å². The molecule has 0 fully saturated rings. The van der Waals surface area contributed by atoms with E-state index in [0.717, 1.165) is 12.8 Å². The Labute approximate surface area is 120 Å². The van der Waals surface area contributed by atoms with Crippen LogP contribution in [0.4, 0.5) is 0 Å². The normalized spacial score (nSPS) is 10.6. The van der Waals surface area contributed by atoms with E-state index in [1.54, 1.807) is 24.3 Å². The first-order valence-electron chi connectivity index (χ1n) is 7.12. The molecule has 0 aliphatic carbocycles. The molecule has 0 radical (unpaired) electrons. The van der Waals surface area contributed by atoms with Gasteiger partial charge in [0.15, 0.2) is 5.78 Å². The molecule has 0 atom stereocenters. The van der Waals surface area contributed by atoms with Crippen LogP contribution < -0.4 is 5.48 Å². The minimum absolute atomic E-state index is 0.0109. The highest BCUT2D eigenvalue weighted by molar-refractivity contribution is 6.06. The van der Waals surface area contributed by atoms with E-state index in [2.05, 4.69) is 5.48 Å². The van der Waals surface area contributed by atoms with Crippen molar-refractivity contribution >= 4 is 11.8 Å². The zero-order valence-electron chi connectivity index (χ0n) is 12.4. The largest absolute Gasteiger partial charge is 0.367 e. The average Bonchev–Trinajstić information content (AvgIpc) is 2.44. The Morgan fingerprint density at radius 2 is 1.85 bits per heavy atom. The van der Waals surface area contributed by atoms with Crippen LogP contribution in [0, 0.1) is 5.92 Å². The molecule has 20 heavy (non-hydrogen) atoms. The Kier molecular flexibility index (Phi) is 6.94. The van der Waals surface area contributed by atoms with Crippen molar-refractivity contribution < 1.29 is 14.4 Å². The molecule has 4 heteroatoms. The predicted molar refractivity (Wildman–Crippen MR) is 78.6 cm³/mol. The summed E-state index contributed by atoms with van der Waals surface area (Å²) in [5.41, 5.74) is 3.40. The van der Waals surface area contributed by atoms with E-state index in [0.29, 0.717) is 30.0 Å². The van der Waals surface area contributed by atoms with Crippen LogP contribution in [0.5, 0.6) is 0 Å². The van der Waals surface area contributed by atoms with Crippen molar-refractivity contribution in [2.45, 2.75) is 40.0 Å². The Balaban J connectivity index is 2.73. The van der Waals surface area contributed by atoms with Gasteiger partial charge in [0.1, 0.15) is 0 Å². The number of carbonyl (C=O) groups excluding carboxylic acids is 2. The van der Waals surface area contributed by atoms with Gasteiger partial charge in [0.25, 0.3) is 0 Å². The molecule has 0 aliphatic heterocycles. The second-order valence-electron chi connectivity index (χ2n) is 5.20. The summed E-state index contributed by atoms with van der Waals surface area (Å²) in [6.45, 7) is 6.65. The van der Waals surface area contributed by atoms with Crippen LogP contribution in [0.3, 0.4) is 0 Å². The van der Waals surface area contributed by atoms with Crippen molar-refractivity contribution in [3.05, 3.63) is 35.4 Å². The minimum atomic E-state index is -0.508. The molecular weight excluding hydrogens is 254 g/mol. The quantitative estimate of drug-likeness (QED) is 0.584. The summed E-state index contributed by atoms with van der Waals surface area (Å²) in [7, 11) is 0. The molecule has 0 aliphatic rings. The lowest BCUT2D eigenvalue weighted by atomic mass is 10.0. The summed E-state index contributed by atoms with van der Waals surface area (Å²) in [5.74, 6) is -0.140. The molecule has 110 valence electrons.